The van der Waals surface area contributed by atoms with E-state index in [1.807, 2.05) is 0 Å². The van der Waals surface area contributed by atoms with Crippen molar-refractivity contribution in [2.45, 2.75) is 38.1 Å². The van der Waals surface area contributed by atoms with Gasteiger partial charge in [0.25, 0.3) is 0 Å². The highest BCUT2D eigenvalue weighted by molar-refractivity contribution is 6.06. The molecule has 5 nitrogen and oxygen atoms in total. The molecule has 3 fully saturated rings. The third kappa shape index (κ3) is 1.72. The zero-order chi connectivity index (χ0) is 14.7. The summed E-state index contributed by atoms with van der Waals surface area (Å²) in [5.41, 5.74) is 0. The van der Waals surface area contributed by atoms with Crippen LogP contribution in [0.1, 0.15) is 32.1 Å². The second-order valence-electron chi connectivity index (χ2n) is 6.89. The summed E-state index contributed by atoms with van der Waals surface area (Å²) < 4.78 is 0. The molecule has 21 heavy (non-hydrogen) atoms. The third-order valence-corrected chi connectivity index (χ3v) is 5.92. The van der Waals surface area contributed by atoms with Crippen LogP contribution in [-0.2, 0) is 14.4 Å². The van der Waals surface area contributed by atoms with E-state index in [0.717, 1.165) is 6.42 Å². The number of hydrogen-bond donors (Lipinski definition) is 1. The predicted octanol–water partition coefficient (Wildman–Crippen LogP) is 1.44. The monoisotopic (exact) mass is 289 g/mol. The van der Waals surface area contributed by atoms with Crippen LogP contribution in [0.3, 0.4) is 0 Å². The Morgan fingerprint density at radius 3 is 2.00 bits per heavy atom. The summed E-state index contributed by atoms with van der Waals surface area (Å²) >= 11 is 0. The lowest BCUT2D eigenvalue weighted by atomic mass is 9.85. The molecule has 0 radical (unpaired) electrons. The van der Waals surface area contributed by atoms with Crippen molar-refractivity contribution in [3.05, 3.63) is 12.2 Å². The van der Waals surface area contributed by atoms with Gasteiger partial charge in [-0.05, 0) is 43.9 Å². The van der Waals surface area contributed by atoms with Gasteiger partial charge in [0.15, 0.2) is 0 Å². The highest BCUT2D eigenvalue weighted by atomic mass is 16.4. The number of carbonyl (C=O) groups is 3. The van der Waals surface area contributed by atoms with Crippen LogP contribution in [0.5, 0.6) is 0 Å². The molecule has 2 bridgehead atoms. The molecule has 1 N–H and O–H groups in total. The van der Waals surface area contributed by atoms with Crippen molar-refractivity contribution < 1.29 is 19.5 Å². The van der Waals surface area contributed by atoms with Crippen molar-refractivity contribution >= 4 is 17.8 Å². The summed E-state index contributed by atoms with van der Waals surface area (Å²) in [6.45, 7) is 0. The molecule has 0 aromatic rings. The van der Waals surface area contributed by atoms with Crippen molar-refractivity contribution in [3.63, 3.8) is 0 Å². The summed E-state index contributed by atoms with van der Waals surface area (Å²) in [6, 6.07) is -0.0781. The summed E-state index contributed by atoms with van der Waals surface area (Å²) in [5.74, 6) is -0.845. The molecule has 0 aromatic heterocycles. The number of carbonyl (C=O) groups excluding carboxylic acids is 2. The smallest absolute Gasteiger partial charge is 0.306 e. The summed E-state index contributed by atoms with van der Waals surface area (Å²) in [7, 11) is 0. The van der Waals surface area contributed by atoms with Crippen LogP contribution in [-0.4, -0.2) is 33.8 Å². The first-order valence-electron chi connectivity index (χ1n) is 7.86. The molecule has 0 aromatic carbocycles. The standard InChI is InChI=1S/C16H19NO4/c18-14-12-9-1-2-10(7-9)13(12)15(19)17(14)11-5-3-8(4-6-11)16(20)21/h1-2,8-13H,3-7H2,(H,20,21)/t8?,9-,10+,11?,12-,13+. The third-order valence-electron chi connectivity index (χ3n) is 5.92. The highest BCUT2D eigenvalue weighted by Gasteiger charge is 2.60. The van der Waals surface area contributed by atoms with Crippen LogP contribution in [0, 0.1) is 29.6 Å². The number of hydrogen-bond acceptors (Lipinski definition) is 3. The minimum absolute atomic E-state index is 0.000579. The van der Waals surface area contributed by atoms with Crippen molar-refractivity contribution in [1.82, 2.24) is 4.90 Å². The highest BCUT2D eigenvalue weighted by Crippen LogP contribution is 2.53. The summed E-state index contributed by atoms with van der Waals surface area (Å²) in [4.78, 5) is 37.8. The van der Waals surface area contributed by atoms with Gasteiger partial charge in [-0.15, -0.1) is 0 Å². The maximum atomic E-state index is 12.7. The first-order valence-corrected chi connectivity index (χ1v) is 7.86. The van der Waals surface area contributed by atoms with Gasteiger partial charge in [0.05, 0.1) is 17.8 Å². The number of nitrogens with zero attached hydrogens (tertiary/aromatic N) is 1. The Morgan fingerprint density at radius 2 is 1.52 bits per heavy atom. The molecule has 5 heteroatoms. The first kappa shape index (κ1) is 13.0. The zero-order valence-electron chi connectivity index (χ0n) is 11.8. The van der Waals surface area contributed by atoms with Gasteiger partial charge < -0.3 is 5.11 Å². The Kier molecular flexibility index (Phi) is 2.75. The van der Waals surface area contributed by atoms with Gasteiger partial charge in [-0.2, -0.15) is 0 Å². The average molecular weight is 289 g/mol. The van der Waals surface area contributed by atoms with Gasteiger partial charge in [-0.3, -0.25) is 19.3 Å². The molecule has 4 atom stereocenters. The van der Waals surface area contributed by atoms with Gasteiger partial charge >= 0.3 is 5.97 Å². The Labute approximate surface area is 123 Å². The normalized spacial score (nSPS) is 44.5. The van der Waals surface area contributed by atoms with Crippen molar-refractivity contribution in [2.75, 3.05) is 0 Å². The van der Waals surface area contributed by atoms with E-state index in [4.69, 9.17) is 5.11 Å². The molecule has 4 rings (SSSR count). The lowest BCUT2D eigenvalue weighted by Crippen LogP contribution is -2.44. The van der Waals surface area contributed by atoms with Crippen LogP contribution in [0.25, 0.3) is 0 Å². The first-order chi connectivity index (χ1) is 10.1. The maximum Gasteiger partial charge on any atom is 0.306 e. The summed E-state index contributed by atoms with van der Waals surface area (Å²) in [5, 5.41) is 9.05. The number of fused-ring (bicyclic) bond motifs is 5. The fourth-order valence-electron chi connectivity index (χ4n) is 4.87. The van der Waals surface area contributed by atoms with E-state index >= 15 is 0 Å². The fraction of sp³-hybridized carbons (Fsp3) is 0.688. The largest absolute Gasteiger partial charge is 0.481 e. The second kappa shape index (κ2) is 4.42. The number of imide groups is 1. The van der Waals surface area contributed by atoms with E-state index in [9.17, 15) is 14.4 Å². The quantitative estimate of drug-likeness (QED) is 0.616. The number of rotatable bonds is 2. The van der Waals surface area contributed by atoms with Crippen LogP contribution >= 0.6 is 0 Å². The van der Waals surface area contributed by atoms with Crippen molar-refractivity contribution in [1.29, 1.82) is 0 Å². The topological polar surface area (TPSA) is 74.7 Å². The van der Waals surface area contributed by atoms with E-state index < -0.39 is 5.97 Å². The second-order valence-corrected chi connectivity index (χ2v) is 6.89. The lowest BCUT2D eigenvalue weighted by molar-refractivity contribution is -0.146. The number of carboxylic acids is 1. The minimum Gasteiger partial charge on any atom is -0.481 e. The van der Waals surface area contributed by atoms with Gasteiger partial charge in [0, 0.05) is 6.04 Å². The molecule has 1 aliphatic heterocycles. The summed E-state index contributed by atoms with van der Waals surface area (Å²) in [6.07, 6.45) is 7.55. The number of allylic oxidation sites excluding steroid dienone is 2. The molecule has 0 spiro atoms. The number of aliphatic carboxylic acids is 1. The molecule has 1 saturated heterocycles. The molecule has 3 aliphatic carbocycles. The predicted molar refractivity (Wildman–Crippen MR) is 73.0 cm³/mol. The Balaban J connectivity index is 1.51. The fourth-order valence-corrected chi connectivity index (χ4v) is 4.87. The average Bonchev–Trinajstić information content (AvgIpc) is 3.13. The molecule has 112 valence electrons. The van der Waals surface area contributed by atoms with Crippen molar-refractivity contribution in [2.24, 2.45) is 29.6 Å². The SMILES string of the molecule is O=C(O)C1CCC(N2C(=O)[C@@H]3[C@H](C2=O)[C@@H]2C=C[C@H]3C2)CC1. The Morgan fingerprint density at radius 1 is 1.00 bits per heavy atom. The molecule has 0 unspecified atom stereocenters. The Hall–Kier alpha value is -1.65. The minimum atomic E-state index is -0.758. The lowest BCUT2D eigenvalue weighted by Gasteiger charge is -2.32. The van der Waals surface area contributed by atoms with E-state index in [-0.39, 0.29) is 47.4 Å². The van der Waals surface area contributed by atoms with Crippen LogP contribution in [0.15, 0.2) is 12.2 Å². The van der Waals surface area contributed by atoms with Gasteiger partial charge in [-0.25, -0.2) is 0 Å². The molecule has 2 saturated carbocycles. The van der Waals surface area contributed by atoms with Gasteiger partial charge in [0.2, 0.25) is 11.8 Å². The molecule has 1 heterocycles. The number of carboxylic acid groups (broad SMARTS) is 1. The van der Waals surface area contributed by atoms with E-state index in [0.29, 0.717) is 25.7 Å². The van der Waals surface area contributed by atoms with Crippen LogP contribution < -0.4 is 0 Å². The molecular weight excluding hydrogens is 270 g/mol. The number of likely N-dealkylation sites (tertiary alicyclic amines) is 1. The zero-order valence-corrected chi connectivity index (χ0v) is 11.8. The van der Waals surface area contributed by atoms with E-state index in [2.05, 4.69) is 12.2 Å². The van der Waals surface area contributed by atoms with Crippen LogP contribution in [0.4, 0.5) is 0 Å². The molecule has 2 amide bonds. The van der Waals surface area contributed by atoms with E-state index in [1.165, 1.54) is 4.90 Å². The molecular formula is C16H19NO4. The van der Waals surface area contributed by atoms with Gasteiger partial charge in [-0.1, -0.05) is 12.2 Å². The maximum absolute atomic E-state index is 12.7. The number of amides is 2. The van der Waals surface area contributed by atoms with Gasteiger partial charge in [0.1, 0.15) is 0 Å². The molecule has 4 aliphatic rings. The van der Waals surface area contributed by atoms with E-state index in [1.54, 1.807) is 0 Å². The van der Waals surface area contributed by atoms with Crippen molar-refractivity contribution in [3.8, 4) is 0 Å². The van der Waals surface area contributed by atoms with Crippen LogP contribution in [0.2, 0.25) is 0 Å². The Bertz CT molecular complexity index is 516.